The summed E-state index contributed by atoms with van der Waals surface area (Å²) in [4.78, 5) is 0. The van der Waals surface area contributed by atoms with Crippen LogP contribution in [0, 0.1) is 5.41 Å². The van der Waals surface area contributed by atoms with E-state index in [1.54, 1.807) is 0 Å². The maximum Gasteiger partial charge on any atom is 0.0903 e. The van der Waals surface area contributed by atoms with Crippen molar-refractivity contribution in [1.29, 1.82) is 0 Å². The van der Waals surface area contributed by atoms with Crippen LogP contribution in [0.15, 0.2) is 30.3 Å². The average molecular weight is 265 g/mol. The maximum absolute atomic E-state index is 9.75. The standard InChI is InChI=1S/C16H27NO2/c1-15(2,3)10-11-19-13-16(12-18,17-4)14-8-6-5-7-9-14/h5-9,17-18H,10-13H2,1-4H3. The monoisotopic (exact) mass is 265 g/mol. The molecule has 0 spiro atoms. The number of nitrogens with one attached hydrogen (secondary N) is 1. The van der Waals surface area contributed by atoms with Crippen LogP contribution in [0.4, 0.5) is 0 Å². The Labute approximate surface area is 117 Å². The lowest BCUT2D eigenvalue weighted by atomic mass is 9.91. The van der Waals surface area contributed by atoms with Crippen LogP contribution in [0.2, 0.25) is 0 Å². The van der Waals surface area contributed by atoms with E-state index in [1.807, 2.05) is 37.4 Å². The first-order chi connectivity index (χ1) is 8.93. The van der Waals surface area contributed by atoms with Gasteiger partial charge in [0.05, 0.1) is 18.8 Å². The van der Waals surface area contributed by atoms with Gasteiger partial charge in [0, 0.05) is 6.61 Å². The third-order valence-electron chi connectivity index (χ3n) is 3.42. The second kappa shape index (κ2) is 7.04. The van der Waals surface area contributed by atoms with Gasteiger partial charge in [0.15, 0.2) is 0 Å². The van der Waals surface area contributed by atoms with E-state index in [9.17, 15) is 5.11 Å². The van der Waals surface area contributed by atoms with Gasteiger partial charge in [-0.25, -0.2) is 0 Å². The van der Waals surface area contributed by atoms with Crippen molar-refractivity contribution in [2.45, 2.75) is 32.7 Å². The Balaban J connectivity index is 2.63. The predicted octanol–water partition coefficient (Wildman–Crippen LogP) is 2.55. The molecule has 2 N–H and O–H groups in total. The molecule has 0 saturated heterocycles. The molecular formula is C16H27NO2. The number of ether oxygens (including phenoxy) is 1. The van der Waals surface area contributed by atoms with Crippen LogP contribution in [0.5, 0.6) is 0 Å². The molecular weight excluding hydrogens is 238 g/mol. The van der Waals surface area contributed by atoms with Gasteiger partial charge in [-0.05, 0) is 24.4 Å². The Morgan fingerprint density at radius 1 is 1.16 bits per heavy atom. The van der Waals surface area contributed by atoms with Gasteiger partial charge < -0.3 is 15.2 Å². The van der Waals surface area contributed by atoms with E-state index in [2.05, 4.69) is 26.1 Å². The topological polar surface area (TPSA) is 41.5 Å². The van der Waals surface area contributed by atoms with Crippen LogP contribution in [-0.4, -0.2) is 32.0 Å². The third-order valence-corrected chi connectivity index (χ3v) is 3.42. The van der Waals surface area contributed by atoms with Crippen molar-refractivity contribution in [3.63, 3.8) is 0 Å². The molecule has 0 bridgehead atoms. The first-order valence-corrected chi connectivity index (χ1v) is 6.86. The van der Waals surface area contributed by atoms with Crippen molar-refractivity contribution in [1.82, 2.24) is 5.32 Å². The molecule has 1 aromatic rings. The van der Waals surface area contributed by atoms with Crippen molar-refractivity contribution >= 4 is 0 Å². The second-order valence-corrected chi connectivity index (χ2v) is 6.22. The van der Waals surface area contributed by atoms with Crippen LogP contribution < -0.4 is 5.32 Å². The SMILES string of the molecule is CNC(CO)(COCCC(C)(C)C)c1ccccc1. The summed E-state index contributed by atoms with van der Waals surface area (Å²) >= 11 is 0. The van der Waals surface area contributed by atoms with E-state index in [-0.39, 0.29) is 12.0 Å². The minimum absolute atomic E-state index is 0.0169. The van der Waals surface area contributed by atoms with Gasteiger partial charge in [0.1, 0.15) is 0 Å². The molecule has 0 aliphatic carbocycles. The zero-order chi connectivity index (χ0) is 14.4. The molecule has 19 heavy (non-hydrogen) atoms. The molecule has 0 radical (unpaired) electrons. The highest BCUT2D eigenvalue weighted by Crippen LogP contribution is 2.22. The maximum atomic E-state index is 9.75. The minimum Gasteiger partial charge on any atom is -0.394 e. The smallest absolute Gasteiger partial charge is 0.0903 e. The lowest BCUT2D eigenvalue weighted by molar-refractivity contribution is 0.0276. The molecule has 0 fully saturated rings. The zero-order valence-corrected chi connectivity index (χ0v) is 12.6. The molecule has 3 nitrogen and oxygen atoms in total. The molecule has 0 amide bonds. The van der Waals surface area contributed by atoms with Gasteiger partial charge in [-0.15, -0.1) is 0 Å². The summed E-state index contributed by atoms with van der Waals surface area (Å²) in [5, 5.41) is 13.0. The average Bonchev–Trinajstić information content (AvgIpc) is 2.39. The zero-order valence-electron chi connectivity index (χ0n) is 12.6. The van der Waals surface area contributed by atoms with E-state index in [0.29, 0.717) is 13.2 Å². The van der Waals surface area contributed by atoms with E-state index >= 15 is 0 Å². The minimum atomic E-state index is -0.515. The molecule has 3 heteroatoms. The fourth-order valence-electron chi connectivity index (χ4n) is 1.90. The predicted molar refractivity (Wildman–Crippen MR) is 79.2 cm³/mol. The first-order valence-electron chi connectivity index (χ1n) is 6.86. The van der Waals surface area contributed by atoms with Crippen molar-refractivity contribution in [3.05, 3.63) is 35.9 Å². The molecule has 1 aromatic carbocycles. The number of likely N-dealkylation sites (N-methyl/N-ethyl adjacent to an activating group) is 1. The van der Waals surface area contributed by atoms with Crippen molar-refractivity contribution < 1.29 is 9.84 Å². The summed E-state index contributed by atoms with van der Waals surface area (Å²) in [7, 11) is 1.86. The van der Waals surface area contributed by atoms with E-state index < -0.39 is 5.54 Å². The summed E-state index contributed by atoms with van der Waals surface area (Å²) in [6.07, 6.45) is 1.01. The van der Waals surface area contributed by atoms with Crippen molar-refractivity contribution in [2.75, 3.05) is 26.9 Å². The third kappa shape index (κ3) is 4.94. The largest absolute Gasteiger partial charge is 0.394 e. The number of aliphatic hydroxyl groups is 1. The molecule has 1 atom stereocenters. The van der Waals surface area contributed by atoms with Gasteiger partial charge in [-0.2, -0.15) is 0 Å². The van der Waals surface area contributed by atoms with Crippen molar-refractivity contribution in [2.24, 2.45) is 5.41 Å². The van der Waals surface area contributed by atoms with Gasteiger partial charge in [-0.3, -0.25) is 0 Å². The van der Waals surface area contributed by atoms with Gasteiger partial charge in [-0.1, -0.05) is 51.1 Å². The highest BCUT2D eigenvalue weighted by molar-refractivity contribution is 5.24. The van der Waals surface area contributed by atoms with Crippen LogP contribution in [0.1, 0.15) is 32.8 Å². The molecule has 0 aliphatic heterocycles. The Hall–Kier alpha value is -0.900. The molecule has 0 saturated carbocycles. The molecule has 0 aliphatic rings. The highest BCUT2D eigenvalue weighted by Gasteiger charge is 2.30. The summed E-state index contributed by atoms with van der Waals surface area (Å²) in [5.41, 5.74) is 0.809. The number of hydrogen-bond donors (Lipinski definition) is 2. The van der Waals surface area contributed by atoms with Gasteiger partial charge in [0.2, 0.25) is 0 Å². The lowest BCUT2D eigenvalue weighted by Crippen LogP contribution is -2.47. The summed E-state index contributed by atoms with van der Waals surface area (Å²) in [6.45, 7) is 7.80. The van der Waals surface area contributed by atoms with Crippen LogP contribution in [0.3, 0.4) is 0 Å². The fourth-order valence-corrected chi connectivity index (χ4v) is 1.90. The van der Waals surface area contributed by atoms with Crippen molar-refractivity contribution in [3.8, 4) is 0 Å². The Kier molecular flexibility index (Phi) is 5.98. The Morgan fingerprint density at radius 2 is 1.79 bits per heavy atom. The molecule has 1 rings (SSSR count). The molecule has 1 unspecified atom stereocenters. The number of rotatable bonds is 7. The molecule has 108 valence electrons. The van der Waals surface area contributed by atoms with Crippen LogP contribution >= 0.6 is 0 Å². The van der Waals surface area contributed by atoms with E-state index in [0.717, 1.165) is 12.0 Å². The highest BCUT2D eigenvalue weighted by atomic mass is 16.5. The summed E-state index contributed by atoms with van der Waals surface area (Å²) in [6, 6.07) is 9.96. The summed E-state index contributed by atoms with van der Waals surface area (Å²) in [5.74, 6) is 0. The number of hydrogen-bond acceptors (Lipinski definition) is 3. The van der Waals surface area contributed by atoms with Crippen LogP contribution in [-0.2, 0) is 10.3 Å². The number of benzene rings is 1. The second-order valence-electron chi connectivity index (χ2n) is 6.22. The van der Waals surface area contributed by atoms with E-state index in [1.165, 1.54) is 0 Å². The summed E-state index contributed by atoms with van der Waals surface area (Å²) < 4.78 is 5.79. The Bertz CT molecular complexity index is 353. The molecule has 0 heterocycles. The quantitative estimate of drug-likeness (QED) is 0.744. The Morgan fingerprint density at radius 3 is 2.26 bits per heavy atom. The van der Waals surface area contributed by atoms with Gasteiger partial charge in [0.25, 0.3) is 0 Å². The van der Waals surface area contributed by atoms with Gasteiger partial charge >= 0.3 is 0 Å². The number of aliphatic hydroxyl groups excluding tert-OH is 1. The van der Waals surface area contributed by atoms with E-state index in [4.69, 9.17) is 4.74 Å². The molecule has 0 aromatic heterocycles. The lowest BCUT2D eigenvalue weighted by Gasteiger charge is -2.32. The normalized spacial score (nSPS) is 15.2. The first kappa shape index (κ1) is 16.2. The fraction of sp³-hybridized carbons (Fsp3) is 0.625. The van der Waals surface area contributed by atoms with Crippen LogP contribution in [0.25, 0.3) is 0 Å².